The molecule has 160 valence electrons. The summed E-state index contributed by atoms with van der Waals surface area (Å²) in [4.78, 5) is 14.8. The number of aromatic nitrogens is 1. The van der Waals surface area contributed by atoms with Crippen molar-refractivity contribution in [3.63, 3.8) is 0 Å². The van der Waals surface area contributed by atoms with E-state index in [-0.39, 0.29) is 0 Å². The van der Waals surface area contributed by atoms with E-state index in [0.29, 0.717) is 0 Å². The third kappa shape index (κ3) is 5.16. The summed E-state index contributed by atoms with van der Waals surface area (Å²) in [5.41, 5.74) is 11.9. The Morgan fingerprint density at radius 2 is 1.16 bits per heavy atom. The van der Waals surface area contributed by atoms with Gasteiger partial charge in [0, 0.05) is 0 Å². The topological polar surface area (TPSA) is 37.6 Å². The zero-order valence-electron chi connectivity index (χ0n) is 19.9. The summed E-state index contributed by atoms with van der Waals surface area (Å²) in [6.07, 6.45) is 1.93. The summed E-state index contributed by atoms with van der Waals surface area (Å²) >= 11 is 0. The Morgan fingerprint density at radius 3 is 1.65 bits per heavy atom. The van der Waals surface area contributed by atoms with Gasteiger partial charge in [-0.05, 0) is 81.8 Å². The highest BCUT2D eigenvalue weighted by Gasteiger charge is 2.10. The lowest BCUT2D eigenvalue weighted by Crippen LogP contribution is -2.05. The summed E-state index contributed by atoms with van der Waals surface area (Å²) in [6, 6.07) is 16.9. The highest BCUT2D eigenvalue weighted by atomic mass is 14.8. The van der Waals surface area contributed by atoms with Crippen LogP contribution in [0.25, 0.3) is 0 Å². The predicted octanol–water partition coefficient (Wildman–Crippen LogP) is 7.41. The normalized spacial score (nSPS) is 12.4. The van der Waals surface area contributed by atoms with E-state index in [4.69, 9.17) is 15.0 Å². The lowest BCUT2D eigenvalue weighted by molar-refractivity contribution is 1.08. The summed E-state index contributed by atoms with van der Waals surface area (Å²) in [7, 11) is 0. The molecule has 0 aliphatic heterocycles. The maximum Gasteiger partial charge on any atom is 0.0849 e. The summed E-state index contributed by atoms with van der Waals surface area (Å²) < 4.78 is 0. The Balaban J connectivity index is 2.00. The highest BCUT2D eigenvalue weighted by molar-refractivity contribution is 6.02. The minimum Gasteiger partial charge on any atom is -0.251 e. The largest absolute Gasteiger partial charge is 0.251 e. The Morgan fingerprint density at radius 1 is 0.710 bits per heavy atom. The van der Waals surface area contributed by atoms with Gasteiger partial charge in [-0.2, -0.15) is 0 Å². The fourth-order valence-corrected chi connectivity index (χ4v) is 4.00. The molecule has 0 amide bonds. The van der Waals surface area contributed by atoms with Crippen LogP contribution in [0.4, 0.5) is 11.4 Å². The first-order valence-corrected chi connectivity index (χ1v) is 11.1. The van der Waals surface area contributed by atoms with E-state index < -0.39 is 0 Å². The van der Waals surface area contributed by atoms with Crippen molar-refractivity contribution in [2.45, 2.75) is 61.3 Å². The van der Waals surface area contributed by atoms with Crippen LogP contribution >= 0.6 is 0 Å². The second-order valence-electron chi connectivity index (χ2n) is 8.18. The average Bonchev–Trinajstić information content (AvgIpc) is 2.76. The molecule has 0 bridgehead atoms. The fourth-order valence-electron chi connectivity index (χ4n) is 4.00. The third-order valence-electron chi connectivity index (χ3n) is 5.65. The maximum atomic E-state index is 5.01. The van der Waals surface area contributed by atoms with Crippen molar-refractivity contribution in [3.05, 3.63) is 87.7 Å². The van der Waals surface area contributed by atoms with Gasteiger partial charge in [0.15, 0.2) is 0 Å². The first-order chi connectivity index (χ1) is 14.8. The van der Waals surface area contributed by atoms with Gasteiger partial charge in [-0.1, -0.05) is 55.8 Å². The quantitative estimate of drug-likeness (QED) is 0.389. The Bertz CT molecular complexity index is 1110. The molecule has 0 N–H and O–H groups in total. The van der Waals surface area contributed by atoms with Crippen LogP contribution in [0.2, 0.25) is 0 Å². The lowest BCUT2D eigenvalue weighted by Gasteiger charge is -2.11. The molecule has 3 aromatic rings. The zero-order chi connectivity index (χ0) is 22.5. The molecule has 0 atom stereocenters. The van der Waals surface area contributed by atoms with Crippen molar-refractivity contribution in [1.29, 1.82) is 0 Å². The second-order valence-corrected chi connectivity index (χ2v) is 8.18. The first-order valence-electron chi connectivity index (χ1n) is 11.1. The first kappa shape index (κ1) is 22.6. The maximum absolute atomic E-state index is 5.01. The van der Waals surface area contributed by atoms with E-state index in [2.05, 4.69) is 65.0 Å². The highest BCUT2D eigenvalue weighted by Crippen LogP contribution is 2.27. The van der Waals surface area contributed by atoms with E-state index >= 15 is 0 Å². The van der Waals surface area contributed by atoms with Crippen LogP contribution in [-0.4, -0.2) is 16.4 Å². The van der Waals surface area contributed by atoms with Crippen molar-refractivity contribution in [1.82, 2.24) is 4.98 Å². The summed E-state index contributed by atoms with van der Waals surface area (Å²) in [5.74, 6) is 0. The van der Waals surface area contributed by atoms with Crippen LogP contribution in [0.3, 0.4) is 0 Å². The molecule has 1 aromatic heterocycles. The molecular formula is C28H33N3. The van der Waals surface area contributed by atoms with Crippen LogP contribution in [0.1, 0.15) is 66.9 Å². The van der Waals surface area contributed by atoms with E-state index in [1.165, 1.54) is 27.8 Å². The van der Waals surface area contributed by atoms with E-state index in [1.54, 1.807) is 0 Å². The number of nitrogens with zero attached hydrogens (tertiary/aromatic N) is 3. The minimum atomic E-state index is 0.880. The average molecular weight is 412 g/mol. The van der Waals surface area contributed by atoms with Gasteiger partial charge in [-0.25, -0.2) is 4.98 Å². The van der Waals surface area contributed by atoms with Gasteiger partial charge in [0.1, 0.15) is 0 Å². The Labute approximate surface area is 187 Å². The van der Waals surface area contributed by atoms with Gasteiger partial charge in [0.05, 0.1) is 34.2 Å². The van der Waals surface area contributed by atoms with Gasteiger partial charge in [-0.15, -0.1) is 0 Å². The fraction of sp³-hybridized carbons (Fsp3) is 0.321. The number of aryl methyl sites for hydroxylation is 5. The summed E-state index contributed by atoms with van der Waals surface area (Å²) in [5, 5.41) is 0. The Kier molecular flexibility index (Phi) is 7.17. The van der Waals surface area contributed by atoms with Gasteiger partial charge in [0.2, 0.25) is 0 Å². The molecule has 0 spiro atoms. The molecule has 31 heavy (non-hydrogen) atoms. The zero-order valence-corrected chi connectivity index (χ0v) is 19.9. The monoisotopic (exact) mass is 411 g/mol. The lowest BCUT2D eigenvalue weighted by atomic mass is 10.0. The molecule has 0 radical (unpaired) electrons. The molecule has 3 nitrogen and oxygen atoms in total. The molecule has 0 saturated heterocycles. The molecule has 3 rings (SSSR count). The molecule has 0 aliphatic rings. The smallest absolute Gasteiger partial charge is 0.0849 e. The molecule has 3 heteroatoms. The van der Waals surface area contributed by atoms with Crippen molar-refractivity contribution in [3.8, 4) is 0 Å². The van der Waals surface area contributed by atoms with E-state index in [0.717, 1.165) is 47.0 Å². The van der Waals surface area contributed by atoms with Crippen molar-refractivity contribution in [2.75, 3.05) is 0 Å². The number of pyridine rings is 1. The number of rotatable bonds is 6. The van der Waals surface area contributed by atoms with Crippen molar-refractivity contribution >= 4 is 22.8 Å². The van der Waals surface area contributed by atoms with E-state index in [1.807, 2.05) is 32.0 Å². The van der Waals surface area contributed by atoms with E-state index in [9.17, 15) is 0 Å². The number of hydrogen-bond donors (Lipinski definition) is 0. The standard InChI is InChI=1S/C28H33N3/c1-8-23-12-10-13-24(9-2)28(23)30-22(7)26-15-11-14-25(31-26)21(6)29-27-19(4)16-18(3)17-20(27)5/h10-17H,8-9H2,1-7H3/b29-21+,30-22+. The van der Waals surface area contributed by atoms with Gasteiger partial charge >= 0.3 is 0 Å². The van der Waals surface area contributed by atoms with Crippen LogP contribution in [0.15, 0.2) is 58.5 Å². The van der Waals surface area contributed by atoms with Crippen LogP contribution < -0.4 is 0 Å². The molecule has 0 fully saturated rings. The summed E-state index contributed by atoms with van der Waals surface area (Å²) in [6.45, 7) is 14.8. The predicted molar refractivity (Wildman–Crippen MR) is 134 cm³/mol. The number of para-hydroxylation sites is 1. The van der Waals surface area contributed by atoms with Crippen LogP contribution in [-0.2, 0) is 12.8 Å². The van der Waals surface area contributed by atoms with Crippen LogP contribution in [0.5, 0.6) is 0 Å². The molecule has 2 aromatic carbocycles. The molecule has 0 saturated carbocycles. The van der Waals surface area contributed by atoms with Gasteiger partial charge in [0.25, 0.3) is 0 Å². The number of benzene rings is 2. The molecule has 0 aliphatic carbocycles. The second kappa shape index (κ2) is 9.82. The Hall–Kier alpha value is -3.07. The van der Waals surface area contributed by atoms with Gasteiger partial charge in [-0.3, -0.25) is 9.98 Å². The molecule has 1 heterocycles. The van der Waals surface area contributed by atoms with Crippen molar-refractivity contribution in [2.24, 2.45) is 9.98 Å². The molecular weight excluding hydrogens is 378 g/mol. The third-order valence-corrected chi connectivity index (χ3v) is 5.65. The number of hydrogen-bond acceptors (Lipinski definition) is 3. The van der Waals surface area contributed by atoms with Crippen LogP contribution in [0, 0.1) is 20.8 Å². The van der Waals surface area contributed by atoms with Crippen molar-refractivity contribution < 1.29 is 0 Å². The number of aliphatic imine (C=N–C) groups is 2. The minimum absolute atomic E-state index is 0.880. The SMILES string of the molecule is CCc1cccc(CC)c1/N=C(\C)c1cccc(/C(C)=N/c2c(C)cc(C)cc2C)n1. The molecule has 0 unspecified atom stereocenters. The van der Waals surface area contributed by atoms with Gasteiger partial charge < -0.3 is 0 Å².